The van der Waals surface area contributed by atoms with E-state index in [1.165, 1.54) is 13.4 Å². The number of thiophene rings is 1. The van der Waals surface area contributed by atoms with E-state index in [0.717, 1.165) is 15.8 Å². The molecule has 2 aromatic rings. The highest BCUT2D eigenvalue weighted by molar-refractivity contribution is 7.18. The summed E-state index contributed by atoms with van der Waals surface area (Å²) >= 11 is 1.57. The molecule has 5 nitrogen and oxygen atoms in total. The Hall–Kier alpha value is -1.69. The van der Waals surface area contributed by atoms with Crippen molar-refractivity contribution in [2.24, 2.45) is 5.92 Å². The van der Waals surface area contributed by atoms with Gasteiger partial charge in [-0.1, -0.05) is 13.8 Å². The number of aromatic nitrogens is 2. The van der Waals surface area contributed by atoms with Crippen molar-refractivity contribution in [3.63, 3.8) is 0 Å². The molecule has 6 heteroatoms. The first-order valence-corrected chi connectivity index (χ1v) is 6.95. The maximum Gasteiger partial charge on any atom is 0.328 e. The zero-order valence-electron chi connectivity index (χ0n) is 11.4. The number of ether oxygens (including phenoxy) is 1. The summed E-state index contributed by atoms with van der Waals surface area (Å²) in [4.78, 5) is 20.3. The molecule has 0 spiro atoms. The number of nitrogens with zero attached hydrogens (tertiary/aromatic N) is 2. The molecule has 0 saturated heterocycles. The first-order chi connectivity index (χ1) is 9.04. The average Bonchev–Trinajstić information content (AvgIpc) is 2.77. The van der Waals surface area contributed by atoms with Gasteiger partial charge in [-0.3, -0.25) is 0 Å². The molecular weight excluding hydrogens is 262 g/mol. The summed E-state index contributed by atoms with van der Waals surface area (Å²) in [5, 5.41) is 5.21. The molecule has 0 aliphatic heterocycles. The van der Waals surface area contributed by atoms with E-state index in [-0.39, 0.29) is 11.9 Å². The molecule has 2 heterocycles. The normalized spacial score (nSPS) is 12.7. The van der Waals surface area contributed by atoms with Gasteiger partial charge in [-0.15, -0.1) is 11.3 Å². The van der Waals surface area contributed by atoms with Crippen molar-refractivity contribution >= 4 is 33.3 Å². The molecule has 0 aliphatic rings. The van der Waals surface area contributed by atoms with Crippen LogP contribution < -0.4 is 5.32 Å². The van der Waals surface area contributed by atoms with E-state index in [1.807, 2.05) is 26.2 Å². The number of carbonyl (C=O) groups is 1. The summed E-state index contributed by atoms with van der Waals surface area (Å²) in [6, 6.07) is -0.412. The number of aryl methyl sites for hydroxylation is 1. The number of methoxy groups -OCH3 is 1. The van der Waals surface area contributed by atoms with Crippen LogP contribution in [0, 0.1) is 12.8 Å². The lowest BCUT2D eigenvalue weighted by atomic mass is 10.0. The van der Waals surface area contributed by atoms with Crippen LogP contribution in [-0.4, -0.2) is 29.1 Å². The van der Waals surface area contributed by atoms with E-state index in [1.54, 1.807) is 11.3 Å². The van der Waals surface area contributed by atoms with Crippen molar-refractivity contribution in [3.8, 4) is 0 Å². The van der Waals surface area contributed by atoms with E-state index < -0.39 is 6.04 Å². The third kappa shape index (κ3) is 2.68. The van der Waals surface area contributed by atoms with Gasteiger partial charge in [-0.2, -0.15) is 0 Å². The minimum Gasteiger partial charge on any atom is -0.467 e. The fraction of sp³-hybridized carbons (Fsp3) is 0.462. The van der Waals surface area contributed by atoms with Crippen molar-refractivity contribution in [2.45, 2.75) is 26.8 Å². The van der Waals surface area contributed by atoms with Crippen molar-refractivity contribution in [2.75, 3.05) is 12.4 Å². The van der Waals surface area contributed by atoms with Crippen LogP contribution in [0.5, 0.6) is 0 Å². The fourth-order valence-corrected chi connectivity index (χ4v) is 2.80. The van der Waals surface area contributed by atoms with Gasteiger partial charge in [0.1, 0.15) is 18.2 Å². The van der Waals surface area contributed by atoms with Crippen molar-refractivity contribution in [1.29, 1.82) is 0 Å². The van der Waals surface area contributed by atoms with Gasteiger partial charge in [0.15, 0.2) is 0 Å². The molecule has 1 N–H and O–H groups in total. The van der Waals surface area contributed by atoms with E-state index >= 15 is 0 Å². The monoisotopic (exact) mass is 279 g/mol. The molecule has 0 amide bonds. The first-order valence-electron chi connectivity index (χ1n) is 6.07. The van der Waals surface area contributed by atoms with Gasteiger partial charge in [0, 0.05) is 0 Å². The SMILES string of the molecule is COC(=O)C(Nc1ncnc2c(C)csc12)C(C)C. The highest BCUT2D eigenvalue weighted by Gasteiger charge is 2.24. The number of nitrogens with one attached hydrogen (secondary N) is 1. The molecule has 2 aromatic heterocycles. The predicted molar refractivity (Wildman–Crippen MR) is 76.4 cm³/mol. The smallest absolute Gasteiger partial charge is 0.328 e. The Morgan fingerprint density at radius 2 is 2.16 bits per heavy atom. The molecular formula is C13H17N3O2S. The summed E-state index contributed by atoms with van der Waals surface area (Å²) < 4.78 is 5.79. The van der Waals surface area contributed by atoms with Crippen LogP contribution in [0.3, 0.4) is 0 Å². The maximum atomic E-state index is 11.8. The van der Waals surface area contributed by atoms with Gasteiger partial charge < -0.3 is 10.1 Å². The second-order valence-electron chi connectivity index (χ2n) is 4.71. The molecule has 0 fully saturated rings. The summed E-state index contributed by atoms with van der Waals surface area (Å²) in [6.45, 7) is 5.94. The van der Waals surface area contributed by atoms with Gasteiger partial charge >= 0.3 is 5.97 Å². The first kappa shape index (κ1) is 13.7. The van der Waals surface area contributed by atoms with Crippen LogP contribution in [0.15, 0.2) is 11.7 Å². The minimum absolute atomic E-state index is 0.110. The second kappa shape index (κ2) is 5.52. The van der Waals surface area contributed by atoms with Gasteiger partial charge in [0.25, 0.3) is 0 Å². The number of fused-ring (bicyclic) bond motifs is 1. The molecule has 2 rings (SSSR count). The number of rotatable bonds is 4. The number of anilines is 1. The van der Waals surface area contributed by atoms with Crippen LogP contribution >= 0.6 is 11.3 Å². The number of carbonyl (C=O) groups excluding carboxylic acids is 1. The number of hydrogen-bond acceptors (Lipinski definition) is 6. The molecule has 1 unspecified atom stereocenters. The van der Waals surface area contributed by atoms with Crippen LogP contribution in [0.4, 0.5) is 5.82 Å². The van der Waals surface area contributed by atoms with Crippen molar-refractivity contribution < 1.29 is 9.53 Å². The van der Waals surface area contributed by atoms with Crippen molar-refractivity contribution in [1.82, 2.24) is 9.97 Å². The van der Waals surface area contributed by atoms with Crippen LogP contribution in [0.2, 0.25) is 0 Å². The summed E-state index contributed by atoms with van der Waals surface area (Å²) in [5.41, 5.74) is 2.04. The largest absolute Gasteiger partial charge is 0.467 e. The van der Waals surface area contributed by atoms with Gasteiger partial charge in [0.2, 0.25) is 0 Å². The summed E-state index contributed by atoms with van der Waals surface area (Å²) in [6.07, 6.45) is 1.51. The Kier molecular flexibility index (Phi) is 3.99. The highest BCUT2D eigenvalue weighted by atomic mass is 32.1. The number of esters is 1. The molecule has 1 atom stereocenters. The van der Waals surface area contributed by atoms with E-state index in [0.29, 0.717) is 5.82 Å². The van der Waals surface area contributed by atoms with Crippen LogP contribution in [0.25, 0.3) is 10.2 Å². The molecule has 102 valence electrons. The van der Waals surface area contributed by atoms with Crippen LogP contribution in [0.1, 0.15) is 19.4 Å². The zero-order chi connectivity index (χ0) is 14.0. The molecule has 0 bridgehead atoms. The quantitative estimate of drug-likeness (QED) is 0.872. The zero-order valence-corrected chi connectivity index (χ0v) is 12.2. The molecule has 19 heavy (non-hydrogen) atoms. The fourth-order valence-electron chi connectivity index (χ4n) is 1.84. The van der Waals surface area contributed by atoms with Gasteiger partial charge in [-0.05, 0) is 23.8 Å². The van der Waals surface area contributed by atoms with E-state index in [9.17, 15) is 4.79 Å². The maximum absolute atomic E-state index is 11.8. The lowest BCUT2D eigenvalue weighted by Crippen LogP contribution is -2.35. The van der Waals surface area contributed by atoms with Gasteiger partial charge in [-0.25, -0.2) is 14.8 Å². The van der Waals surface area contributed by atoms with E-state index in [4.69, 9.17) is 4.74 Å². The second-order valence-corrected chi connectivity index (χ2v) is 5.59. The van der Waals surface area contributed by atoms with Gasteiger partial charge in [0.05, 0.1) is 17.3 Å². The third-order valence-electron chi connectivity index (χ3n) is 2.94. The standard InChI is InChI=1S/C13H17N3O2S/c1-7(2)9(13(17)18-4)16-12-11-10(14-6-15-12)8(3)5-19-11/h5-7,9H,1-4H3,(H,14,15,16). The Morgan fingerprint density at radius 1 is 1.42 bits per heavy atom. The Balaban J connectivity index is 2.36. The lowest BCUT2D eigenvalue weighted by Gasteiger charge is -2.20. The molecule has 0 aromatic carbocycles. The Morgan fingerprint density at radius 3 is 2.79 bits per heavy atom. The molecule has 0 radical (unpaired) electrons. The van der Waals surface area contributed by atoms with Crippen molar-refractivity contribution in [3.05, 3.63) is 17.3 Å². The summed E-state index contributed by atoms with van der Waals surface area (Å²) in [5.74, 6) is 0.515. The van der Waals surface area contributed by atoms with E-state index in [2.05, 4.69) is 15.3 Å². The molecule has 0 saturated carbocycles. The predicted octanol–water partition coefficient (Wildman–Crippen LogP) is 2.61. The molecule has 0 aliphatic carbocycles. The third-order valence-corrected chi connectivity index (χ3v) is 4.04. The highest BCUT2D eigenvalue weighted by Crippen LogP contribution is 2.29. The summed E-state index contributed by atoms with van der Waals surface area (Å²) in [7, 11) is 1.39. The Bertz CT molecular complexity index is 595. The Labute approximate surface area is 116 Å². The average molecular weight is 279 g/mol. The topological polar surface area (TPSA) is 64.1 Å². The lowest BCUT2D eigenvalue weighted by molar-refractivity contribution is -0.142. The number of hydrogen-bond donors (Lipinski definition) is 1. The van der Waals surface area contributed by atoms with Crippen LogP contribution in [-0.2, 0) is 9.53 Å². The minimum atomic E-state index is -0.412.